The van der Waals surface area contributed by atoms with E-state index in [0.29, 0.717) is 23.1 Å². The molecule has 0 unspecified atom stereocenters. The van der Waals surface area contributed by atoms with Crippen LogP contribution in [0.15, 0.2) is 12.1 Å². The van der Waals surface area contributed by atoms with Gasteiger partial charge in [0.2, 0.25) is 0 Å². The van der Waals surface area contributed by atoms with Gasteiger partial charge in [-0.25, -0.2) is 0 Å². The molecule has 1 N–H and O–H groups in total. The SMILES string of the molecule is C#CCNc1cc(OC)c(OC)cc1Cl. The highest BCUT2D eigenvalue weighted by molar-refractivity contribution is 6.33. The van der Waals surface area contributed by atoms with Crippen molar-refractivity contribution in [3.05, 3.63) is 17.2 Å². The number of nitrogens with one attached hydrogen (secondary N) is 1. The molecule has 1 aromatic rings. The van der Waals surface area contributed by atoms with Crippen molar-refractivity contribution in [2.45, 2.75) is 0 Å². The highest BCUT2D eigenvalue weighted by Crippen LogP contribution is 2.35. The molecule has 1 aromatic carbocycles. The number of rotatable bonds is 4. The summed E-state index contributed by atoms with van der Waals surface area (Å²) in [6.45, 7) is 0.412. The predicted octanol–water partition coefficient (Wildman–Crippen LogP) is 2.40. The van der Waals surface area contributed by atoms with Crippen LogP contribution in [0, 0.1) is 12.3 Å². The average molecular weight is 226 g/mol. The molecular formula is C11H12ClNO2. The van der Waals surface area contributed by atoms with Crippen molar-refractivity contribution in [3.63, 3.8) is 0 Å². The lowest BCUT2D eigenvalue weighted by molar-refractivity contribution is 0.355. The minimum Gasteiger partial charge on any atom is -0.493 e. The van der Waals surface area contributed by atoms with Gasteiger partial charge in [0.05, 0.1) is 31.5 Å². The van der Waals surface area contributed by atoms with Crippen molar-refractivity contribution in [1.29, 1.82) is 0 Å². The van der Waals surface area contributed by atoms with Gasteiger partial charge >= 0.3 is 0 Å². The normalized spacial score (nSPS) is 9.20. The molecule has 15 heavy (non-hydrogen) atoms. The molecule has 3 nitrogen and oxygen atoms in total. The van der Waals surface area contributed by atoms with E-state index in [1.807, 2.05) is 0 Å². The number of hydrogen-bond acceptors (Lipinski definition) is 3. The maximum Gasteiger partial charge on any atom is 0.162 e. The molecule has 0 fully saturated rings. The van der Waals surface area contributed by atoms with Crippen molar-refractivity contribution >= 4 is 17.3 Å². The summed E-state index contributed by atoms with van der Waals surface area (Å²) in [5.41, 5.74) is 0.729. The molecule has 0 bridgehead atoms. The first kappa shape index (κ1) is 11.5. The molecule has 1 rings (SSSR count). The Morgan fingerprint density at radius 1 is 1.33 bits per heavy atom. The van der Waals surface area contributed by atoms with Crippen LogP contribution in [-0.2, 0) is 0 Å². The lowest BCUT2D eigenvalue weighted by atomic mass is 10.2. The fraction of sp³-hybridized carbons (Fsp3) is 0.273. The van der Waals surface area contributed by atoms with Gasteiger partial charge in [-0.1, -0.05) is 17.5 Å². The van der Waals surface area contributed by atoms with Crippen molar-refractivity contribution in [3.8, 4) is 23.8 Å². The fourth-order valence-corrected chi connectivity index (χ4v) is 1.36. The lowest BCUT2D eigenvalue weighted by Crippen LogP contribution is -2.00. The summed E-state index contributed by atoms with van der Waals surface area (Å²) in [6, 6.07) is 3.43. The van der Waals surface area contributed by atoms with Crippen molar-refractivity contribution < 1.29 is 9.47 Å². The molecule has 0 spiro atoms. The maximum atomic E-state index is 6.01. The van der Waals surface area contributed by atoms with Crippen LogP contribution in [0.25, 0.3) is 0 Å². The zero-order valence-corrected chi connectivity index (χ0v) is 9.39. The molecular weight excluding hydrogens is 214 g/mol. The first-order valence-corrected chi connectivity index (χ1v) is 4.69. The van der Waals surface area contributed by atoms with Crippen molar-refractivity contribution in [1.82, 2.24) is 0 Å². The lowest BCUT2D eigenvalue weighted by Gasteiger charge is -2.11. The quantitative estimate of drug-likeness (QED) is 0.799. The standard InChI is InChI=1S/C11H12ClNO2/c1-4-5-13-9-7-11(15-3)10(14-2)6-8(9)12/h1,6-7,13H,5H2,2-3H3. The summed E-state index contributed by atoms with van der Waals surface area (Å²) in [4.78, 5) is 0. The Kier molecular flexibility index (Phi) is 4.14. The van der Waals surface area contributed by atoms with E-state index in [1.54, 1.807) is 26.4 Å². The van der Waals surface area contributed by atoms with Crippen LogP contribution in [0.2, 0.25) is 5.02 Å². The number of hydrogen-bond donors (Lipinski definition) is 1. The predicted molar refractivity (Wildman–Crippen MR) is 61.9 cm³/mol. The van der Waals surface area contributed by atoms with Gasteiger partial charge in [-0.05, 0) is 0 Å². The van der Waals surface area contributed by atoms with Crippen LogP contribution < -0.4 is 14.8 Å². The van der Waals surface area contributed by atoms with Crippen LogP contribution in [0.5, 0.6) is 11.5 Å². The Hall–Kier alpha value is -1.53. The fourth-order valence-electron chi connectivity index (χ4n) is 1.14. The third-order valence-electron chi connectivity index (χ3n) is 1.85. The molecule has 0 atom stereocenters. The number of terminal acetylenes is 1. The van der Waals surface area contributed by atoms with Gasteiger partial charge in [0, 0.05) is 12.1 Å². The largest absolute Gasteiger partial charge is 0.493 e. The Labute approximate surface area is 94.3 Å². The summed E-state index contributed by atoms with van der Waals surface area (Å²) in [7, 11) is 3.12. The molecule has 0 aliphatic carbocycles. The first-order chi connectivity index (χ1) is 7.22. The van der Waals surface area contributed by atoms with E-state index >= 15 is 0 Å². The third-order valence-corrected chi connectivity index (χ3v) is 2.17. The van der Waals surface area contributed by atoms with Gasteiger partial charge in [0.15, 0.2) is 11.5 Å². The molecule has 0 heterocycles. The summed E-state index contributed by atoms with van der Waals surface area (Å²) in [5, 5.41) is 3.53. The third kappa shape index (κ3) is 2.71. The van der Waals surface area contributed by atoms with E-state index < -0.39 is 0 Å². The Morgan fingerprint density at radius 3 is 2.47 bits per heavy atom. The minimum absolute atomic E-state index is 0.412. The number of methoxy groups -OCH3 is 2. The second-order valence-corrected chi connectivity index (χ2v) is 3.15. The number of benzene rings is 1. The molecule has 0 saturated carbocycles. The van der Waals surface area contributed by atoms with Gasteiger partial charge in [-0.15, -0.1) is 6.42 Å². The van der Waals surface area contributed by atoms with E-state index in [1.165, 1.54) is 0 Å². The van der Waals surface area contributed by atoms with Gasteiger partial charge in [0.25, 0.3) is 0 Å². The molecule has 0 aliphatic heterocycles. The van der Waals surface area contributed by atoms with Crippen molar-refractivity contribution in [2.24, 2.45) is 0 Å². The monoisotopic (exact) mass is 225 g/mol. The second kappa shape index (κ2) is 5.38. The summed E-state index contributed by atoms with van der Waals surface area (Å²) >= 11 is 6.01. The molecule has 4 heteroatoms. The van der Waals surface area contributed by atoms with Gasteiger partial charge in [-0.3, -0.25) is 0 Å². The van der Waals surface area contributed by atoms with E-state index in [-0.39, 0.29) is 0 Å². The Bertz CT molecular complexity index is 385. The second-order valence-electron chi connectivity index (χ2n) is 2.74. The molecule has 0 aliphatic rings. The molecule has 0 aromatic heterocycles. The van der Waals surface area contributed by atoms with Crippen LogP contribution in [0.3, 0.4) is 0 Å². The maximum absolute atomic E-state index is 6.01. The van der Waals surface area contributed by atoms with Crippen LogP contribution in [-0.4, -0.2) is 20.8 Å². The number of anilines is 1. The van der Waals surface area contributed by atoms with Gasteiger partial charge in [0.1, 0.15) is 0 Å². The van der Waals surface area contributed by atoms with E-state index in [9.17, 15) is 0 Å². The Morgan fingerprint density at radius 2 is 1.93 bits per heavy atom. The van der Waals surface area contributed by atoms with Gasteiger partial charge < -0.3 is 14.8 Å². The molecule has 80 valence electrons. The van der Waals surface area contributed by atoms with E-state index in [2.05, 4.69) is 11.2 Å². The van der Waals surface area contributed by atoms with Crippen LogP contribution in [0.4, 0.5) is 5.69 Å². The number of ether oxygens (including phenoxy) is 2. The minimum atomic E-state index is 0.412. The topological polar surface area (TPSA) is 30.5 Å². The van der Waals surface area contributed by atoms with Crippen LogP contribution >= 0.6 is 11.6 Å². The van der Waals surface area contributed by atoms with E-state index in [0.717, 1.165) is 5.69 Å². The highest BCUT2D eigenvalue weighted by Gasteiger charge is 2.08. The van der Waals surface area contributed by atoms with Crippen LogP contribution in [0.1, 0.15) is 0 Å². The highest BCUT2D eigenvalue weighted by atomic mass is 35.5. The van der Waals surface area contributed by atoms with Gasteiger partial charge in [-0.2, -0.15) is 0 Å². The summed E-state index contributed by atoms with van der Waals surface area (Å²) < 4.78 is 10.2. The zero-order chi connectivity index (χ0) is 11.3. The Balaban J connectivity index is 3.03. The average Bonchev–Trinajstić information content (AvgIpc) is 2.27. The zero-order valence-electron chi connectivity index (χ0n) is 8.63. The molecule has 0 radical (unpaired) electrons. The molecule has 0 amide bonds. The molecule has 0 saturated heterocycles. The summed E-state index contributed by atoms with van der Waals surface area (Å²) in [6.07, 6.45) is 5.14. The smallest absolute Gasteiger partial charge is 0.162 e. The van der Waals surface area contributed by atoms with Crippen molar-refractivity contribution in [2.75, 3.05) is 26.1 Å². The first-order valence-electron chi connectivity index (χ1n) is 4.31. The number of halogens is 1. The van der Waals surface area contributed by atoms with E-state index in [4.69, 9.17) is 27.5 Å². The summed E-state index contributed by atoms with van der Waals surface area (Å²) in [5.74, 6) is 3.67.